The highest BCUT2D eigenvalue weighted by molar-refractivity contribution is 5.82. The van der Waals surface area contributed by atoms with Crippen LogP contribution in [-0.2, 0) is 4.79 Å². The van der Waals surface area contributed by atoms with Crippen molar-refractivity contribution in [1.29, 1.82) is 0 Å². The van der Waals surface area contributed by atoms with Crippen molar-refractivity contribution in [3.05, 3.63) is 0 Å². The van der Waals surface area contributed by atoms with Crippen molar-refractivity contribution < 1.29 is 23.1 Å². The third-order valence-corrected chi connectivity index (χ3v) is 1.06. The number of ketones is 1. The van der Waals surface area contributed by atoms with Crippen molar-refractivity contribution in [2.45, 2.75) is 26.4 Å². The molecule has 0 aromatic rings. The molecule has 0 radical (unpaired) electrons. The van der Waals surface area contributed by atoms with Crippen molar-refractivity contribution in [3.8, 4) is 0 Å². The summed E-state index contributed by atoms with van der Waals surface area (Å²) < 4.78 is 34.2. The second-order valence-electron chi connectivity index (χ2n) is 2.61. The van der Waals surface area contributed by atoms with E-state index in [1.807, 2.05) is 0 Å². The fourth-order valence-electron chi connectivity index (χ4n) is 0.369. The Morgan fingerprint density at radius 1 is 1.36 bits per heavy atom. The molecule has 0 unspecified atom stereocenters. The Balaban J connectivity index is 0. The minimum atomic E-state index is -4.11. The molecule has 0 heterocycles. The number of aliphatic hydroxyl groups is 1. The van der Waals surface area contributed by atoms with Gasteiger partial charge in [0.1, 0.15) is 6.61 Å². The lowest BCUT2D eigenvalue weighted by molar-refractivity contribution is -0.121. The lowest BCUT2D eigenvalue weighted by Crippen LogP contribution is -2.12. The van der Waals surface area contributed by atoms with E-state index in [1.165, 1.54) is 20.9 Å². The highest BCUT2D eigenvalue weighted by atomic mass is 19.4. The number of carbonyl (C=O) groups is 1. The molecule has 0 amide bonds. The molecule has 3 nitrogen and oxygen atoms in total. The molecule has 6 heteroatoms. The summed E-state index contributed by atoms with van der Waals surface area (Å²) in [5.41, 5.74) is 0.113. The van der Waals surface area contributed by atoms with Crippen LogP contribution >= 0.6 is 0 Å². The first-order chi connectivity index (χ1) is 6.22. The molecule has 0 aliphatic heterocycles. The molecular weight excluding hydrogens is 199 g/mol. The normalized spacial score (nSPS) is 11.8. The molecule has 0 fully saturated rings. The van der Waals surface area contributed by atoms with E-state index >= 15 is 0 Å². The van der Waals surface area contributed by atoms with Crippen molar-refractivity contribution in [1.82, 2.24) is 0 Å². The average Bonchev–Trinajstić information content (AvgIpc) is 2.02. The summed E-state index contributed by atoms with van der Waals surface area (Å²) >= 11 is 0. The molecule has 84 valence electrons. The fraction of sp³-hybridized carbons (Fsp3) is 0.750. The first-order valence-corrected chi connectivity index (χ1v) is 3.82. The predicted octanol–water partition coefficient (Wildman–Crippen LogP) is 1.60. The molecule has 0 spiro atoms. The minimum Gasteiger partial charge on any atom is -0.389 e. The number of halogens is 3. The van der Waals surface area contributed by atoms with Crippen LogP contribution < -0.4 is 0 Å². The van der Waals surface area contributed by atoms with Crippen molar-refractivity contribution in [3.63, 3.8) is 0 Å². The van der Waals surface area contributed by atoms with E-state index in [2.05, 4.69) is 4.99 Å². The van der Waals surface area contributed by atoms with Gasteiger partial charge in [0, 0.05) is 12.8 Å². The number of hydrogen-bond donors (Lipinski definition) is 1. The summed E-state index contributed by atoms with van der Waals surface area (Å²) in [5, 5.41) is 7.79. The van der Waals surface area contributed by atoms with E-state index < -0.39 is 12.6 Å². The Bertz CT molecular complexity index is 199. The van der Waals surface area contributed by atoms with E-state index in [-0.39, 0.29) is 18.1 Å². The number of Topliss-reactive ketones (excluding diaryl/α,β-unsaturated/α-hetero) is 1. The number of alkyl halides is 3. The lowest BCUT2D eigenvalue weighted by Gasteiger charge is -2.03. The Morgan fingerprint density at radius 3 is 1.79 bits per heavy atom. The van der Waals surface area contributed by atoms with Crippen LogP contribution in [0.5, 0.6) is 0 Å². The molecule has 0 rings (SSSR count). The van der Waals surface area contributed by atoms with Gasteiger partial charge in [-0.15, -0.1) is 0 Å². The van der Waals surface area contributed by atoms with Crippen LogP contribution in [-0.4, -0.2) is 36.4 Å². The van der Waals surface area contributed by atoms with Crippen molar-refractivity contribution in [2.24, 2.45) is 4.99 Å². The number of carbonyl (C=O) groups excluding carboxylic acids is 1. The van der Waals surface area contributed by atoms with Gasteiger partial charge in [0.15, 0.2) is 5.78 Å². The number of hydrogen-bond acceptors (Lipinski definition) is 3. The minimum absolute atomic E-state index is 0.113. The third kappa shape index (κ3) is 17.3. The topological polar surface area (TPSA) is 49.7 Å². The Morgan fingerprint density at radius 2 is 1.71 bits per heavy atom. The Kier molecular flexibility index (Phi) is 8.32. The molecule has 0 aromatic heterocycles. The highest BCUT2D eigenvalue weighted by Crippen LogP contribution is 2.19. The zero-order valence-electron chi connectivity index (χ0n) is 8.35. The SMILES string of the molecule is CC(=O)CO.CN=C(C)CC(F)(F)F. The standard InChI is InChI=1S/C5H8F3N.C3H6O2/c1-4(9-2)3-5(6,7)8;1-3(5)2-4/h3H2,1-2H3;4H,2H2,1H3. The highest BCUT2D eigenvalue weighted by Gasteiger charge is 2.27. The van der Waals surface area contributed by atoms with Gasteiger partial charge in [0.25, 0.3) is 0 Å². The first kappa shape index (κ1) is 15.6. The van der Waals surface area contributed by atoms with E-state index in [0.717, 1.165) is 0 Å². The van der Waals surface area contributed by atoms with E-state index in [9.17, 15) is 18.0 Å². The van der Waals surface area contributed by atoms with Crippen LogP contribution in [0.25, 0.3) is 0 Å². The number of aliphatic hydroxyl groups excluding tert-OH is 1. The van der Waals surface area contributed by atoms with Gasteiger partial charge < -0.3 is 5.11 Å². The third-order valence-electron chi connectivity index (χ3n) is 1.06. The molecule has 0 aliphatic rings. The fourth-order valence-corrected chi connectivity index (χ4v) is 0.369. The smallest absolute Gasteiger partial charge is 0.389 e. The molecule has 0 atom stereocenters. The average molecular weight is 213 g/mol. The van der Waals surface area contributed by atoms with Gasteiger partial charge in [-0.3, -0.25) is 9.79 Å². The molecule has 1 N–H and O–H groups in total. The summed E-state index contributed by atoms with van der Waals surface area (Å²) in [7, 11) is 1.35. The lowest BCUT2D eigenvalue weighted by atomic mass is 10.3. The molecule has 0 aromatic carbocycles. The molecule has 14 heavy (non-hydrogen) atoms. The van der Waals surface area contributed by atoms with Crippen molar-refractivity contribution in [2.75, 3.05) is 13.7 Å². The van der Waals surface area contributed by atoms with Gasteiger partial charge in [0.2, 0.25) is 0 Å². The quantitative estimate of drug-likeness (QED) is 0.708. The van der Waals surface area contributed by atoms with Crippen molar-refractivity contribution >= 4 is 11.5 Å². The zero-order valence-corrected chi connectivity index (χ0v) is 8.35. The van der Waals surface area contributed by atoms with Crippen LogP contribution in [0.1, 0.15) is 20.3 Å². The summed E-state index contributed by atoms with van der Waals surface area (Å²) in [5.74, 6) is -0.190. The summed E-state index contributed by atoms with van der Waals surface area (Å²) in [6, 6.07) is 0. The first-order valence-electron chi connectivity index (χ1n) is 3.82. The Labute approximate surface area is 80.6 Å². The number of nitrogens with zero attached hydrogens (tertiary/aromatic N) is 1. The number of aliphatic imine (C=N–C) groups is 1. The van der Waals surface area contributed by atoms with Gasteiger partial charge >= 0.3 is 6.18 Å². The maximum absolute atomic E-state index is 11.4. The second-order valence-corrected chi connectivity index (χ2v) is 2.61. The molecule has 0 aliphatic carbocycles. The van der Waals surface area contributed by atoms with Gasteiger partial charge in [0.05, 0.1) is 6.42 Å². The molecule has 0 saturated heterocycles. The zero-order chi connectivity index (χ0) is 11.8. The Hall–Kier alpha value is -0.910. The van der Waals surface area contributed by atoms with Crippen LogP contribution in [0.15, 0.2) is 4.99 Å². The molecular formula is C8H14F3NO2. The van der Waals surface area contributed by atoms with E-state index in [4.69, 9.17) is 5.11 Å². The van der Waals surface area contributed by atoms with Gasteiger partial charge in [-0.05, 0) is 13.8 Å². The van der Waals surface area contributed by atoms with Gasteiger partial charge in [-0.25, -0.2) is 0 Å². The van der Waals surface area contributed by atoms with Gasteiger partial charge in [-0.1, -0.05) is 0 Å². The van der Waals surface area contributed by atoms with Crippen LogP contribution in [0.3, 0.4) is 0 Å². The number of rotatable bonds is 2. The summed E-state index contributed by atoms with van der Waals surface area (Å²) in [4.78, 5) is 12.9. The van der Waals surface area contributed by atoms with Crippen LogP contribution in [0.2, 0.25) is 0 Å². The van der Waals surface area contributed by atoms with E-state index in [1.54, 1.807) is 0 Å². The molecule has 0 saturated carbocycles. The van der Waals surface area contributed by atoms with Gasteiger partial charge in [-0.2, -0.15) is 13.2 Å². The second kappa shape index (κ2) is 7.49. The largest absolute Gasteiger partial charge is 0.394 e. The van der Waals surface area contributed by atoms with Crippen LogP contribution in [0.4, 0.5) is 13.2 Å². The summed E-state index contributed by atoms with van der Waals surface area (Å²) in [6.45, 7) is 2.35. The maximum atomic E-state index is 11.4. The van der Waals surface area contributed by atoms with E-state index in [0.29, 0.717) is 0 Å². The molecule has 0 bridgehead atoms. The predicted molar refractivity (Wildman–Crippen MR) is 47.5 cm³/mol. The summed E-state index contributed by atoms with van der Waals surface area (Å²) in [6.07, 6.45) is -5.01. The monoisotopic (exact) mass is 213 g/mol. The van der Waals surface area contributed by atoms with Crippen LogP contribution in [0, 0.1) is 0 Å². The maximum Gasteiger partial charge on any atom is 0.394 e.